The third-order valence-corrected chi connectivity index (χ3v) is 2.86. The van der Waals surface area contributed by atoms with Gasteiger partial charge in [0.05, 0.1) is 12.2 Å². The second-order valence-electron chi connectivity index (χ2n) is 5.05. The largest absolute Gasteiger partial charge is 0.375 e. The lowest BCUT2D eigenvalue weighted by Crippen LogP contribution is -2.29. The second kappa shape index (κ2) is 5.72. The van der Waals surface area contributed by atoms with Crippen LogP contribution in [0.15, 0.2) is 0 Å². The summed E-state index contributed by atoms with van der Waals surface area (Å²) in [6.45, 7) is 9.99. The second-order valence-corrected chi connectivity index (χ2v) is 5.05. The zero-order valence-electron chi connectivity index (χ0n) is 10.0. The molecule has 0 radical (unpaired) electrons. The van der Waals surface area contributed by atoms with Crippen molar-refractivity contribution in [2.75, 3.05) is 6.54 Å². The first-order valence-corrected chi connectivity index (χ1v) is 5.96. The Morgan fingerprint density at radius 3 is 2.50 bits per heavy atom. The van der Waals surface area contributed by atoms with Crippen LogP contribution >= 0.6 is 0 Å². The molecule has 0 amide bonds. The number of hydrogen-bond acceptors (Lipinski definition) is 2. The summed E-state index contributed by atoms with van der Waals surface area (Å²) in [5.41, 5.74) is 0. The van der Waals surface area contributed by atoms with Crippen LogP contribution in [0.1, 0.15) is 47.0 Å². The molecule has 0 bridgehead atoms. The maximum Gasteiger partial charge on any atom is 0.0582 e. The van der Waals surface area contributed by atoms with Gasteiger partial charge in [0.15, 0.2) is 0 Å². The van der Waals surface area contributed by atoms with Crippen LogP contribution in [0.25, 0.3) is 0 Å². The maximum absolute atomic E-state index is 5.81. The summed E-state index contributed by atoms with van der Waals surface area (Å²) >= 11 is 0. The van der Waals surface area contributed by atoms with Gasteiger partial charge in [-0.2, -0.15) is 0 Å². The molecule has 2 heteroatoms. The average Bonchev–Trinajstić information content (AvgIpc) is 2.48. The Bertz CT molecular complexity index is 158. The molecule has 1 aliphatic heterocycles. The highest BCUT2D eigenvalue weighted by Crippen LogP contribution is 2.24. The lowest BCUT2D eigenvalue weighted by atomic mass is 10.0. The third-order valence-electron chi connectivity index (χ3n) is 2.86. The molecule has 0 spiro atoms. The molecule has 0 aliphatic carbocycles. The molecule has 0 aromatic heterocycles. The van der Waals surface area contributed by atoms with E-state index >= 15 is 0 Å². The van der Waals surface area contributed by atoms with E-state index in [2.05, 4.69) is 33.0 Å². The predicted molar refractivity (Wildman–Crippen MR) is 60.5 cm³/mol. The molecule has 3 unspecified atom stereocenters. The number of nitrogens with one attached hydrogen (secondary N) is 1. The SMILES string of the molecule is CC(CNC(C)C)CC1CCC(C)O1. The zero-order chi connectivity index (χ0) is 10.6. The molecule has 1 rings (SSSR count). The average molecular weight is 199 g/mol. The van der Waals surface area contributed by atoms with Crippen LogP contribution in [-0.4, -0.2) is 24.8 Å². The topological polar surface area (TPSA) is 21.3 Å². The van der Waals surface area contributed by atoms with Crippen molar-refractivity contribution in [3.8, 4) is 0 Å². The molecule has 0 aromatic rings. The van der Waals surface area contributed by atoms with E-state index in [1.807, 2.05) is 0 Å². The van der Waals surface area contributed by atoms with Crippen molar-refractivity contribution in [2.45, 2.75) is 65.2 Å². The third kappa shape index (κ3) is 4.43. The Morgan fingerprint density at radius 1 is 1.29 bits per heavy atom. The van der Waals surface area contributed by atoms with E-state index in [1.165, 1.54) is 19.3 Å². The quantitative estimate of drug-likeness (QED) is 0.735. The first-order valence-electron chi connectivity index (χ1n) is 5.96. The van der Waals surface area contributed by atoms with Crippen molar-refractivity contribution < 1.29 is 4.74 Å². The summed E-state index contributed by atoms with van der Waals surface area (Å²) in [4.78, 5) is 0. The van der Waals surface area contributed by atoms with E-state index < -0.39 is 0 Å². The predicted octanol–water partition coefficient (Wildman–Crippen LogP) is 2.58. The Hall–Kier alpha value is -0.0800. The first kappa shape index (κ1) is 12.0. The lowest BCUT2D eigenvalue weighted by Gasteiger charge is -2.18. The zero-order valence-corrected chi connectivity index (χ0v) is 10.0. The van der Waals surface area contributed by atoms with Crippen LogP contribution in [0.4, 0.5) is 0 Å². The van der Waals surface area contributed by atoms with Crippen LogP contribution < -0.4 is 5.32 Å². The summed E-state index contributed by atoms with van der Waals surface area (Å²) in [6.07, 6.45) is 4.73. The highest BCUT2D eigenvalue weighted by Gasteiger charge is 2.23. The normalized spacial score (nSPS) is 29.8. The fourth-order valence-corrected chi connectivity index (χ4v) is 2.03. The van der Waals surface area contributed by atoms with Crippen molar-refractivity contribution >= 4 is 0 Å². The maximum atomic E-state index is 5.81. The highest BCUT2D eigenvalue weighted by atomic mass is 16.5. The minimum atomic E-state index is 0.491. The van der Waals surface area contributed by atoms with Crippen LogP contribution in [0.5, 0.6) is 0 Å². The molecule has 1 N–H and O–H groups in total. The molecule has 1 saturated heterocycles. The number of rotatable bonds is 5. The molecule has 84 valence electrons. The molecule has 14 heavy (non-hydrogen) atoms. The van der Waals surface area contributed by atoms with E-state index in [1.54, 1.807) is 0 Å². The monoisotopic (exact) mass is 199 g/mol. The molecule has 3 atom stereocenters. The Balaban J connectivity index is 2.10. The van der Waals surface area contributed by atoms with Crippen LogP contribution in [0.3, 0.4) is 0 Å². The van der Waals surface area contributed by atoms with Gasteiger partial charge in [-0.25, -0.2) is 0 Å². The molecule has 0 aromatic carbocycles. The molecule has 0 saturated carbocycles. The van der Waals surface area contributed by atoms with Crippen LogP contribution in [0, 0.1) is 5.92 Å². The molecule has 2 nitrogen and oxygen atoms in total. The molecule has 1 fully saturated rings. The lowest BCUT2D eigenvalue weighted by molar-refractivity contribution is 0.0422. The Labute approximate surface area is 88.4 Å². The van der Waals surface area contributed by atoms with Crippen LogP contribution in [-0.2, 0) is 4.74 Å². The summed E-state index contributed by atoms with van der Waals surface area (Å²) < 4.78 is 5.81. The van der Waals surface area contributed by atoms with Gasteiger partial charge in [-0.1, -0.05) is 20.8 Å². The summed E-state index contributed by atoms with van der Waals surface area (Å²) in [6, 6.07) is 0.598. The van der Waals surface area contributed by atoms with E-state index in [0.717, 1.165) is 12.5 Å². The van der Waals surface area contributed by atoms with Crippen LogP contribution in [0.2, 0.25) is 0 Å². The first-order chi connectivity index (χ1) is 6.58. The Morgan fingerprint density at radius 2 is 2.00 bits per heavy atom. The molecule has 1 aliphatic rings. The van der Waals surface area contributed by atoms with Gasteiger partial charge < -0.3 is 10.1 Å². The fourth-order valence-electron chi connectivity index (χ4n) is 2.03. The summed E-state index contributed by atoms with van der Waals surface area (Å²) in [7, 11) is 0. The van der Waals surface area contributed by atoms with Gasteiger partial charge in [0.2, 0.25) is 0 Å². The fraction of sp³-hybridized carbons (Fsp3) is 1.00. The summed E-state index contributed by atoms with van der Waals surface area (Å²) in [5.74, 6) is 0.729. The smallest absolute Gasteiger partial charge is 0.0582 e. The van der Waals surface area contributed by atoms with Gasteiger partial charge in [-0.15, -0.1) is 0 Å². The molecular formula is C12H25NO. The minimum absolute atomic E-state index is 0.491. The molecular weight excluding hydrogens is 174 g/mol. The Kier molecular flexibility index (Phi) is 4.90. The van der Waals surface area contributed by atoms with E-state index in [9.17, 15) is 0 Å². The molecule has 1 heterocycles. The summed E-state index contributed by atoms with van der Waals surface area (Å²) in [5, 5.41) is 3.47. The standard InChI is InChI=1S/C12H25NO/c1-9(2)13-8-10(3)7-12-6-5-11(4)14-12/h9-13H,5-8H2,1-4H3. The minimum Gasteiger partial charge on any atom is -0.375 e. The van der Waals surface area contributed by atoms with Crippen molar-refractivity contribution in [2.24, 2.45) is 5.92 Å². The van der Waals surface area contributed by atoms with Crippen molar-refractivity contribution in [3.05, 3.63) is 0 Å². The van der Waals surface area contributed by atoms with Crippen molar-refractivity contribution in [1.29, 1.82) is 0 Å². The van der Waals surface area contributed by atoms with Gasteiger partial charge in [-0.05, 0) is 38.6 Å². The van der Waals surface area contributed by atoms with Gasteiger partial charge in [0.1, 0.15) is 0 Å². The van der Waals surface area contributed by atoms with E-state index in [0.29, 0.717) is 18.2 Å². The number of hydrogen-bond donors (Lipinski definition) is 1. The van der Waals surface area contributed by atoms with Gasteiger partial charge >= 0.3 is 0 Å². The van der Waals surface area contributed by atoms with Gasteiger partial charge in [0, 0.05) is 6.04 Å². The van der Waals surface area contributed by atoms with E-state index in [-0.39, 0.29) is 0 Å². The van der Waals surface area contributed by atoms with E-state index in [4.69, 9.17) is 4.74 Å². The number of ether oxygens (including phenoxy) is 1. The van der Waals surface area contributed by atoms with Gasteiger partial charge in [-0.3, -0.25) is 0 Å². The van der Waals surface area contributed by atoms with Crippen molar-refractivity contribution in [3.63, 3.8) is 0 Å². The van der Waals surface area contributed by atoms with Crippen molar-refractivity contribution in [1.82, 2.24) is 5.32 Å². The highest BCUT2D eigenvalue weighted by molar-refractivity contribution is 4.73. The van der Waals surface area contributed by atoms with Gasteiger partial charge in [0.25, 0.3) is 0 Å².